The minimum atomic E-state index is 0.168. The lowest BCUT2D eigenvalue weighted by Gasteiger charge is -2.26. The van der Waals surface area contributed by atoms with Gasteiger partial charge in [0.15, 0.2) is 0 Å². The van der Waals surface area contributed by atoms with E-state index in [0.717, 1.165) is 23.4 Å². The second-order valence-electron chi connectivity index (χ2n) is 5.53. The van der Waals surface area contributed by atoms with Crippen LogP contribution in [0.5, 0.6) is 0 Å². The smallest absolute Gasteiger partial charge is 0.264 e. The zero-order chi connectivity index (χ0) is 14.8. The summed E-state index contributed by atoms with van der Waals surface area (Å²) in [4.78, 5) is 15.3. The van der Waals surface area contributed by atoms with Crippen LogP contribution in [-0.4, -0.2) is 23.9 Å². The zero-order valence-electron chi connectivity index (χ0n) is 12.4. The highest BCUT2D eigenvalue weighted by Gasteiger charge is 2.21. The van der Waals surface area contributed by atoms with E-state index in [1.807, 2.05) is 23.3 Å². The van der Waals surface area contributed by atoms with Crippen molar-refractivity contribution in [2.75, 3.05) is 13.1 Å². The molecule has 1 aromatic carbocycles. The molecule has 2 heterocycles. The summed E-state index contributed by atoms with van der Waals surface area (Å²) < 4.78 is 0. The van der Waals surface area contributed by atoms with E-state index >= 15 is 0 Å². The molecule has 1 aromatic heterocycles. The summed E-state index contributed by atoms with van der Waals surface area (Å²) in [5.41, 5.74) is 4.99. The highest BCUT2D eigenvalue weighted by molar-refractivity contribution is 7.12. The number of hydrogen-bond acceptors (Lipinski definition) is 2. The van der Waals surface area contributed by atoms with Gasteiger partial charge in [-0.1, -0.05) is 35.9 Å². The van der Waals surface area contributed by atoms with Gasteiger partial charge in [-0.15, -0.1) is 11.3 Å². The maximum Gasteiger partial charge on any atom is 0.264 e. The van der Waals surface area contributed by atoms with Gasteiger partial charge in [0.25, 0.3) is 5.91 Å². The van der Waals surface area contributed by atoms with Gasteiger partial charge in [0.1, 0.15) is 0 Å². The first-order chi connectivity index (χ1) is 10.1. The van der Waals surface area contributed by atoms with Crippen molar-refractivity contribution in [3.05, 3.63) is 63.4 Å². The third-order valence-electron chi connectivity index (χ3n) is 3.98. The Morgan fingerprint density at radius 1 is 1.14 bits per heavy atom. The van der Waals surface area contributed by atoms with Crippen LogP contribution in [0.25, 0.3) is 5.57 Å². The predicted molar refractivity (Wildman–Crippen MR) is 88.7 cm³/mol. The number of nitrogens with zero attached hydrogens (tertiary/aromatic N) is 1. The van der Waals surface area contributed by atoms with E-state index in [4.69, 9.17) is 0 Å². The number of hydrogen-bond donors (Lipinski definition) is 0. The minimum absolute atomic E-state index is 0.168. The molecule has 2 aromatic rings. The van der Waals surface area contributed by atoms with Crippen LogP contribution in [0.15, 0.2) is 41.8 Å². The van der Waals surface area contributed by atoms with Crippen LogP contribution in [0.2, 0.25) is 0 Å². The van der Waals surface area contributed by atoms with Crippen LogP contribution < -0.4 is 0 Å². The lowest BCUT2D eigenvalue weighted by Crippen LogP contribution is -2.34. The van der Waals surface area contributed by atoms with Crippen molar-refractivity contribution in [1.29, 1.82) is 0 Å². The van der Waals surface area contributed by atoms with E-state index < -0.39 is 0 Å². The lowest BCUT2D eigenvalue weighted by molar-refractivity contribution is 0.0777. The van der Waals surface area contributed by atoms with E-state index in [0.29, 0.717) is 6.54 Å². The van der Waals surface area contributed by atoms with Gasteiger partial charge in [-0.3, -0.25) is 4.79 Å². The number of thiophene rings is 1. The summed E-state index contributed by atoms with van der Waals surface area (Å²) in [6.07, 6.45) is 3.12. The van der Waals surface area contributed by atoms with E-state index in [1.165, 1.54) is 28.0 Å². The van der Waals surface area contributed by atoms with Crippen molar-refractivity contribution in [2.24, 2.45) is 0 Å². The molecule has 1 aliphatic rings. The Labute approximate surface area is 129 Å². The molecule has 2 nitrogen and oxygen atoms in total. The van der Waals surface area contributed by atoms with Crippen LogP contribution in [0.4, 0.5) is 0 Å². The first-order valence-corrected chi connectivity index (χ1v) is 8.12. The summed E-state index contributed by atoms with van der Waals surface area (Å²) in [5, 5.41) is 1.99. The molecule has 0 radical (unpaired) electrons. The van der Waals surface area contributed by atoms with E-state index in [9.17, 15) is 4.79 Å². The number of carbonyl (C=O) groups is 1. The molecule has 0 N–H and O–H groups in total. The summed E-state index contributed by atoms with van der Waals surface area (Å²) >= 11 is 1.54. The molecule has 0 aliphatic carbocycles. The molecular formula is C18H19NOS. The molecular weight excluding hydrogens is 278 g/mol. The van der Waals surface area contributed by atoms with Crippen molar-refractivity contribution in [1.82, 2.24) is 4.90 Å². The van der Waals surface area contributed by atoms with E-state index in [1.54, 1.807) is 0 Å². The van der Waals surface area contributed by atoms with E-state index in [-0.39, 0.29) is 5.91 Å². The Morgan fingerprint density at radius 2 is 1.90 bits per heavy atom. The molecule has 0 saturated heterocycles. The largest absolute Gasteiger partial charge is 0.334 e. The fourth-order valence-electron chi connectivity index (χ4n) is 2.62. The summed E-state index contributed by atoms with van der Waals surface area (Å²) in [6, 6.07) is 10.6. The van der Waals surface area contributed by atoms with Gasteiger partial charge < -0.3 is 4.90 Å². The molecule has 0 atom stereocenters. The first kappa shape index (κ1) is 14.1. The second-order valence-corrected chi connectivity index (χ2v) is 6.45. The maximum atomic E-state index is 12.5. The summed E-state index contributed by atoms with van der Waals surface area (Å²) in [7, 11) is 0. The molecule has 108 valence electrons. The van der Waals surface area contributed by atoms with E-state index in [2.05, 4.69) is 37.3 Å². The van der Waals surface area contributed by atoms with Gasteiger partial charge in [-0.2, -0.15) is 0 Å². The molecule has 0 spiro atoms. The normalized spacial score (nSPS) is 15.0. The summed E-state index contributed by atoms with van der Waals surface area (Å²) in [6.45, 7) is 5.61. The van der Waals surface area contributed by atoms with Gasteiger partial charge in [-0.05, 0) is 48.4 Å². The number of aryl methyl sites for hydroxylation is 2. The zero-order valence-corrected chi connectivity index (χ0v) is 13.2. The van der Waals surface area contributed by atoms with Gasteiger partial charge >= 0.3 is 0 Å². The third kappa shape index (κ3) is 2.93. The Bertz CT molecular complexity index is 681. The number of benzene rings is 1. The van der Waals surface area contributed by atoms with Crippen LogP contribution in [-0.2, 0) is 0 Å². The third-order valence-corrected chi connectivity index (χ3v) is 4.98. The molecule has 1 amide bonds. The fraction of sp³-hybridized carbons (Fsp3) is 0.278. The molecule has 0 fully saturated rings. The van der Waals surface area contributed by atoms with Crippen molar-refractivity contribution < 1.29 is 4.79 Å². The molecule has 1 aliphatic heterocycles. The maximum absolute atomic E-state index is 12.5. The number of rotatable bonds is 2. The number of carbonyl (C=O) groups excluding carboxylic acids is 1. The topological polar surface area (TPSA) is 20.3 Å². The Morgan fingerprint density at radius 3 is 2.48 bits per heavy atom. The highest BCUT2D eigenvalue weighted by Crippen LogP contribution is 2.25. The van der Waals surface area contributed by atoms with Gasteiger partial charge in [0, 0.05) is 13.1 Å². The molecule has 0 unspecified atom stereocenters. The highest BCUT2D eigenvalue weighted by atomic mass is 32.1. The molecule has 21 heavy (non-hydrogen) atoms. The van der Waals surface area contributed by atoms with Crippen LogP contribution >= 0.6 is 11.3 Å². The quantitative estimate of drug-likeness (QED) is 0.809. The van der Waals surface area contributed by atoms with Crippen molar-refractivity contribution in [2.45, 2.75) is 20.3 Å². The number of amides is 1. The predicted octanol–water partition coefficient (Wildman–Crippen LogP) is 4.29. The molecule has 0 bridgehead atoms. The van der Waals surface area contributed by atoms with Crippen LogP contribution in [0.3, 0.4) is 0 Å². The minimum Gasteiger partial charge on any atom is -0.334 e. The average molecular weight is 297 g/mol. The Hall–Kier alpha value is -1.87. The van der Waals surface area contributed by atoms with Gasteiger partial charge in [-0.25, -0.2) is 0 Å². The standard InChI is InChI=1S/C18H19NOS/c1-13-3-5-15(6-4-13)16-7-10-19(11-8-16)18(20)17-14(2)9-12-21-17/h3-7,9,12H,8,10-11H2,1-2H3. The monoisotopic (exact) mass is 297 g/mol. The second kappa shape index (κ2) is 5.86. The molecule has 3 rings (SSSR count). The van der Waals surface area contributed by atoms with Gasteiger partial charge in [0.2, 0.25) is 0 Å². The SMILES string of the molecule is Cc1ccc(C2=CCN(C(=O)c3sccc3C)CC2)cc1. The molecule has 0 saturated carbocycles. The van der Waals surface area contributed by atoms with Crippen molar-refractivity contribution >= 4 is 22.8 Å². The first-order valence-electron chi connectivity index (χ1n) is 7.24. The Kier molecular flexibility index (Phi) is 3.93. The lowest BCUT2D eigenvalue weighted by atomic mass is 9.98. The van der Waals surface area contributed by atoms with Crippen molar-refractivity contribution in [3.63, 3.8) is 0 Å². The average Bonchev–Trinajstić information content (AvgIpc) is 2.94. The van der Waals surface area contributed by atoms with Crippen molar-refractivity contribution in [3.8, 4) is 0 Å². The molecule has 3 heteroatoms. The Balaban J connectivity index is 1.73. The van der Waals surface area contributed by atoms with Crippen LogP contribution in [0.1, 0.15) is 32.8 Å². The fourth-order valence-corrected chi connectivity index (χ4v) is 3.51. The van der Waals surface area contributed by atoms with Crippen LogP contribution in [0, 0.1) is 13.8 Å². The summed E-state index contributed by atoms with van der Waals surface area (Å²) in [5.74, 6) is 0.168. The van der Waals surface area contributed by atoms with Gasteiger partial charge in [0.05, 0.1) is 4.88 Å².